The van der Waals surface area contributed by atoms with Gasteiger partial charge in [-0.3, -0.25) is 9.10 Å². The SMILES string of the molecule is O=C(O)c1cnc(CCCC2C(=O)CS(=O)(=O)N2c2ccc(C(O)Cc3ccccc3)cc2)s1. The molecule has 1 aromatic heterocycles. The molecule has 34 heavy (non-hydrogen) atoms. The number of ketones is 1. The zero-order valence-electron chi connectivity index (χ0n) is 18.2. The number of benzene rings is 2. The Morgan fingerprint density at radius 2 is 1.85 bits per heavy atom. The summed E-state index contributed by atoms with van der Waals surface area (Å²) in [6, 6.07) is 15.4. The van der Waals surface area contributed by atoms with E-state index in [0.29, 0.717) is 41.9 Å². The van der Waals surface area contributed by atoms with Gasteiger partial charge < -0.3 is 10.2 Å². The average Bonchev–Trinajstić information content (AvgIpc) is 3.36. The summed E-state index contributed by atoms with van der Waals surface area (Å²) in [5.74, 6) is -1.95. The summed E-state index contributed by atoms with van der Waals surface area (Å²) in [5.41, 5.74) is 2.03. The van der Waals surface area contributed by atoms with Crippen molar-refractivity contribution in [2.75, 3.05) is 10.1 Å². The predicted octanol–water partition coefficient (Wildman–Crippen LogP) is 3.23. The second kappa shape index (κ2) is 10.0. The van der Waals surface area contributed by atoms with Gasteiger partial charge in [-0.25, -0.2) is 18.2 Å². The normalized spacial score (nSPS) is 18.2. The topological polar surface area (TPSA) is 125 Å². The summed E-state index contributed by atoms with van der Waals surface area (Å²) in [6.45, 7) is 0. The first-order valence-electron chi connectivity index (χ1n) is 10.8. The molecule has 178 valence electrons. The first kappa shape index (κ1) is 24.1. The number of aromatic carboxylic acids is 1. The van der Waals surface area contributed by atoms with E-state index < -0.39 is 33.9 Å². The number of carbonyl (C=O) groups excluding carboxylic acids is 1. The molecule has 1 aliphatic rings. The van der Waals surface area contributed by atoms with Crippen LogP contribution in [-0.4, -0.2) is 47.2 Å². The van der Waals surface area contributed by atoms with E-state index in [0.717, 1.165) is 16.9 Å². The van der Waals surface area contributed by atoms with Crippen molar-refractivity contribution < 1.29 is 28.2 Å². The van der Waals surface area contributed by atoms with Crippen LogP contribution in [0, 0.1) is 0 Å². The number of carboxylic acid groups (broad SMARTS) is 1. The van der Waals surface area contributed by atoms with Crippen molar-refractivity contribution in [1.29, 1.82) is 0 Å². The number of carbonyl (C=O) groups is 2. The lowest BCUT2D eigenvalue weighted by Gasteiger charge is -2.24. The highest BCUT2D eigenvalue weighted by atomic mass is 32.2. The average molecular weight is 501 g/mol. The maximum atomic E-state index is 12.7. The van der Waals surface area contributed by atoms with Gasteiger partial charge in [0.25, 0.3) is 0 Å². The lowest BCUT2D eigenvalue weighted by Crippen LogP contribution is -2.35. The maximum absolute atomic E-state index is 12.7. The summed E-state index contributed by atoms with van der Waals surface area (Å²) >= 11 is 1.07. The number of thiazole rings is 1. The highest BCUT2D eigenvalue weighted by Crippen LogP contribution is 2.31. The van der Waals surface area contributed by atoms with Crippen LogP contribution in [0.2, 0.25) is 0 Å². The second-order valence-electron chi connectivity index (χ2n) is 8.15. The maximum Gasteiger partial charge on any atom is 0.347 e. The minimum absolute atomic E-state index is 0.144. The fourth-order valence-corrected chi connectivity index (χ4v) is 6.60. The molecule has 0 spiro atoms. The van der Waals surface area contributed by atoms with E-state index in [-0.39, 0.29) is 10.7 Å². The molecular weight excluding hydrogens is 476 g/mol. The van der Waals surface area contributed by atoms with Gasteiger partial charge >= 0.3 is 5.97 Å². The Hall–Kier alpha value is -3.08. The molecule has 0 saturated carbocycles. The van der Waals surface area contributed by atoms with Crippen LogP contribution in [0.4, 0.5) is 5.69 Å². The number of aryl methyl sites for hydroxylation is 1. The molecule has 1 saturated heterocycles. The number of Topliss-reactive ketones (excluding diaryl/α,β-unsaturated/α-hetero) is 1. The van der Waals surface area contributed by atoms with Gasteiger partial charge in [0.05, 0.1) is 23.0 Å². The van der Waals surface area contributed by atoms with Crippen LogP contribution < -0.4 is 4.31 Å². The van der Waals surface area contributed by atoms with Crippen LogP contribution in [0.1, 0.15) is 44.8 Å². The Morgan fingerprint density at radius 3 is 2.50 bits per heavy atom. The van der Waals surface area contributed by atoms with E-state index in [1.165, 1.54) is 10.5 Å². The number of rotatable bonds is 9. The Kier molecular flexibility index (Phi) is 7.11. The Balaban J connectivity index is 1.45. The predicted molar refractivity (Wildman–Crippen MR) is 129 cm³/mol. The fraction of sp³-hybridized carbons (Fsp3) is 0.292. The van der Waals surface area contributed by atoms with E-state index in [1.54, 1.807) is 24.3 Å². The minimum Gasteiger partial charge on any atom is -0.477 e. The lowest BCUT2D eigenvalue weighted by atomic mass is 10.0. The number of hydrogen-bond acceptors (Lipinski definition) is 7. The third-order valence-corrected chi connectivity index (χ3v) is 8.47. The lowest BCUT2D eigenvalue weighted by molar-refractivity contribution is -0.117. The third kappa shape index (κ3) is 5.35. The summed E-state index contributed by atoms with van der Waals surface area (Å²) in [5, 5.41) is 20.2. The molecule has 0 aliphatic carbocycles. The largest absolute Gasteiger partial charge is 0.477 e. The second-order valence-corrected chi connectivity index (χ2v) is 11.1. The summed E-state index contributed by atoms with van der Waals surface area (Å²) in [7, 11) is -3.79. The molecule has 1 aliphatic heterocycles. The number of aromatic nitrogens is 1. The van der Waals surface area contributed by atoms with Crippen molar-refractivity contribution in [3.8, 4) is 0 Å². The van der Waals surface area contributed by atoms with Crippen LogP contribution in [0.15, 0.2) is 60.8 Å². The van der Waals surface area contributed by atoms with Gasteiger partial charge in [0.2, 0.25) is 10.0 Å². The Bertz CT molecular complexity index is 1270. The highest BCUT2D eigenvalue weighted by molar-refractivity contribution is 7.94. The third-order valence-electron chi connectivity index (χ3n) is 5.72. The molecule has 10 heteroatoms. The van der Waals surface area contributed by atoms with E-state index >= 15 is 0 Å². The van der Waals surface area contributed by atoms with Crippen LogP contribution in [-0.2, 0) is 27.7 Å². The van der Waals surface area contributed by atoms with Crippen molar-refractivity contribution in [2.45, 2.75) is 37.8 Å². The number of nitrogens with zero attached hydrogens (tertiary/aromatic N) is 2. The quantitative estimate of drug-likeness (QED) is 0.462. The number of aliphatic hydroxyl groups excluding tert-OH is 1. The van der Waals surface area contributed by atoms with Gasteiger partial charge in [-0.2, -0.15) is 0 Å². The van der Waals surface area contributed by atoms with E-state index in [2.05, 4.69) is 4.98 Å². The summed E-state index contributed by atoms with van der Waals surface area (Å²) in [6.07, 6.45) is 2.25. The van der Waals surface area contributed by atoms with Crippen LogP contribution >= 0.6 is 11.3 Å². The Labute approximate surface area is 201 Å². The van der Waals surface area contributed by atoms with Gasteiger partial charge in [-0.1, -0.05) is 42.5 Å². The molecule has 0 bridgehead atoms. The first-order chi connectivity index (χ1) is 16.2. The van der Waals surface area contributed by atoms with Crippen molar-refractivity contribution in [2.24, 2.45) is 0 Å². The van der Waals surface area contributed by atoms with E-state index in [1.807, 2.05) is 30.3 Å². The number of carboxylic acids is 1. The summed E-state index contributed by atoms with van der Waals surface area (Å²) in [4.78, 5) is 27.8. The molecule has 2 N–H and O–H groups in total. The highest BCUT2D eigenvalue weighted by Gasteiger charge is 2.43. The number of aliphatic hydroxyl groups is 1. The molecule has 8 nitrogen and oxygen atoms in total. The standard InChI is InChI=1S/C24H24N2O6S2/c27-20(13-16-5-2-1-3-6-16)17-9-11-18(12-10-17)26-19(21(28)15-34(26,31)32)7-4-8-23-25-14-22(33-23)24(29)30/h1-3,5-6,9-12,14,19-20,27H,4,7-8,13,15H2,(H,29,30). The van der Waals surface area contributed by atoms with Gasteiger partial charge in [0.1, 0.15) is 16.7 Å². The summed E-state index contributed by atoms with van der Waals surface area (Å²) < 4.78 is 26.6. The fourth-order valence-electron chi connectivity index (χ4n) is 4.06. The van der Waals surface area contributed by atoms with E-state index in [4.69, 9.17) is 5.11 Å². The molecule has 2 heterocycles. The van der Waals surface area contributed by atoms with Gasteiger partial charge in [-0.15, -0.1) is 11.3 Å². The van der Waals surface area contributed by atoms with Crippen LogP contribution in [0.5, 0.6) is 0 Å². The number of sulfonamides is 1. The zero-order chi connectivity index (χ0) is 24.3. The number of anilines is 1. The molecule has 3 aromatic rings. The van der Waals surface area contributed by atoms with Gasteiger partial charge in [0, 0.05) is 6.42 Å². The molecule has 2 atom stereocenters. The van der Waals surface area contributed by atoms with Crippen LogP contribution in [0.3, 0.4) is 0 Å². The molecule has 2 unspecified atom stereocenters. The Morgan fingerprint density at radius 1 is 1.15 bits per heavy atom. The van der Waals surface area contributed by atoms with Gasteiger partial charge in [0.15, 0.2) is 5.78 Å². The van der Waals surface area contributed by atoms with Crippen molar-refractivity contribution in [1.82, 2.24) is 4.98 Å². The smallest absolute Gasteiger partial charge is 0.347 e. The molecule has 2 aromatic carbocycles. The molecule has 0 radical (unpaired) electrons. The first-order valence-corrected chi connectivity index (χ1v) is 13.2. The monoisotopic (exact) mass is 500 g/mol. The van der Waals surface area contributed by atoms with Crippen LogP contribution in [0.25, 0.3) is 0 Å². The van der Waals surface area contributed by atoms with Crippen molar-refractivity contribution >= 4 is 38.8 Å². The zero-order valence-corrected chi connectivity index (χ0v) is 19.8. The minimum atomic E-state index is -3.79. The molecular formula is C24H24N2O6S2. The molecule has 0 amide bonds. The van der Waals surface area contributed by atoms with Crippen molar-refractivity contribution in [3.63, 3.8) is 0 Å². The van der Waals surface area contributed by atoms with Gasteiger partial charge in [-0.05, 0) is 42.5 Å². The molecule has 4 rings (SSSR count). The number of hydrogen-bond donors (Lipinski definition) is 2. The van der Waals surface area contributed by atoms with E-state index in [9.17, 15) is 23.1 Å². The van der Waals surface area contributed by atoms with Crippen molar-refractivity contribution in [3.05, 3.63) is 81.8 Å². The molecule has 1 fully saturated rings.